The summed E-state index contributed by atoms with van der Waals surface area (Å²) in [7, 11) is 0. The number of benzene rings is 2. The van der Waals surface area contributed by atoms with Crippen LogP contribution in [0, 0.1) is 13.8 Å². The van der Waals surface area contributed by atoms with Gasteiger partial charge in [-0.3, -0.25) is 0 Å². The van der Waals surface area contributed by atoms with E-state index in [-0.39, 0.29) is 0 Å². The van der Waals surface area contributed by atoms with Crippen molar-refractivity contribution in [3.63, 3.8) is 0 Å². The number of aryl methyl sites for hydroxylation is 2. The summed E-state index contributed by atoms with van der Waals surface area (Å²) in [6.07, 6.45) is 1.08. The minimum absolute atomic E-state index is 0.394. The van der Waals surface area contributed by atoms with Gasteiger partial charge in [0.15, 0.2) is 0 Å². The number of halogens is 1. The van der Waals surface area contributed by atoms with Crippen molar-refractivity contribution in [3.8, 4) is 0 Å². The Morgan fingerprint density at radius 1 is 1.05 bits per heavy atom. The van der Waals surface area contributed by atoms with E-state index >= 15 is 0 Å². The first-order valence-corrected chi connectivity index (χ1v) is 7.53. The van der Waals surface area contributed by atoms with E-state index in [1.54, 1.807) is 0 Å². The fourth-order valence-electron chi connectivity index (χ4n) is 2.39. The van der Waals surface area contributed by atoms with E-state index < -0.39 is 0 Å². The van der Waals surface area contributed by atoms with Gasteiger partial charge in [0.05, 0.1) is 0 Å². The molecule has 0 aliphatic carbocycles. The quantitative estimate of drug-likeness (QED) is 0.797. The normalized spacial score (nSPS) is 12.4. The Balaban J connectivity index is 2.05. The summed E-state index contributed by atoms with van der Waals surface area (Å²) in [5.41, 5.74) is 5.20. The standard InChI is InChI=1S/C18H22ClN/c1-4-18(15-7-5-13(2)6-8-15)20-12-16-9-10-17(19)11-14(16)3/h5-11,18,20H,4,12H2,1-3H3. The average Bonchev–Trinajstić information content (AvgIpc) is 2.43. The van der Waals surface area contributed by atoms with E-state index in [1.165, 1.54) is 22.3 Å². The van der Waals surface area contributed by atoms with Crippen LogP contribution >= 0.6 is 11.6 Å². The van der Waals surface area contributed by atoms with Gasteiger partial charge in [-0.2, -0.15) is 0 Å². The first-order chi connectivity index (χ1) is 9.60. The van der Waals surface area contributed by atoms with Crippen molar-refractivity contribution in [2.75, 3.05) is 0 Å². The van der Waals surface area contributed by atoms with Crippen molar-refractivity contribution in [2.45, 2.75) is 39.8 Å². The predicted molar refractivity (Wildman–Crippen MR) is 87.2 cm³/mol. The molecule has 106 valence electrons. The summed E-state index contributed by atoms with van der Waals surface area (Å²) in [5, 5.41) is 4.44. The number of hydrogen-bond acceptors (Lipinski definition) is 1. The Kier molecular flexibility index (Phi) is 5.22. The van der Waals surface area contributed by atoms with E-state index in [0.29, 0.717) is 6.04 Å². The highest BCUT2D eigenvalue weighted by molar-refractivity contribution is 6.30. The van der Waals surface area contributed by atoms with Gasteiger partial charge in [0, 0.05) is 17.6 Å². The average molecular weight is 288 g/mol. The SMILES string of the molecule is CCC(NCc1ccc(Cl)cc1C)c1ccc(C)cc1. The molecule has 0 radical (unpaired) electrons. The lowest BCUT2D eigenvalue weighted by molar-refractivity contribution is 0.518. The van der Waals surface area contributed by atoms with Crippen molar-refractivity contribution >= 4 is 11.6 Å². The molecule has 1 atom stereocenters. The first-order valence-electron chi connectivity index (χ1n) is 7.15. The van der Waals surface area contributed by atoms with Crippen LogP contribution in [-0.2, 0) is 6.54 Å². The zero-order chi connectivity index (χ0) is 14.5. The van der Waals surface area contributed by atoms with Gasteiger partial charge < -0.3 is 5.32 Å². The maximum Gasteiger partial charge on any atom is 0.0408 e. The van der Waals surface area contributed by atoms with Gasteiger partial charge in [-0.25, -0.2) is 0 Å². The minimum Gasteiger partial charge on any atom is -0.306 e. The monoisotopic (exact) mass is 287 g/mol. The molecule has 0 heterocycles. The topological polar surface area (TPSA) is 12.0 Å². The third kappa shape index (κ3) is 3.84. The van der Waals surface area contributed by atoms with E-state index in [1.807, 2.05) is 12.1 Å². The first kappa shape index (κ1) is 15.1. The summed E-state index contributed by atoms with van der Waals surface area (Å²) < 4.78 is 0. The maximum atomic E-state index is 6.00. The summed E-state index contributed by atoms with van der Waals surface area (Å²) in [6.45, 7) is 7.31. The lowest BCUT2D eigenvalue weighted by atomic mass is 10.0. The van der Waals surface area contributed by atoms with E-state index in [9.17, 15) is 0 Å². The number of nitrogens with one attached hydrogen (secondary N) is 1. The summed E-state index contributed by atoms with van der Waals surface area (Å²) in [4.78, 5) is 0. The highest BCUT2D eigenvalue weighted by Gasteiger charge is 2.09. The predicted octanol–water partition coefficient (Wildman–Crippen LogP) is 5.20. The molecule has 20 heavy (non-hydrogen) atoms. The van der Waals surface area contributed by atoms with Crippen LogP contribution in [0.1, 0.15) is 41.6 Å². The van der Waals surface area contributed by atoms with Gasteiger partial charge >= 0.3 is 0 Å². The lowest BCUT2D eigenvalue weighted by Gasteiger charge is -2.18. The van der Waals surface area contributed by atoms with Gasteiger partial charge in [-0.15, -0.1) is 0 Å². The van der Waals surface area contributed by atoms with Gasteiger partial charge in [0.25, 0.3) is 0 Å². The van der Waals surface area contributed by atoms with Gasteiger partial charge in [-0.1, -0.05) is 54.4 Å². The fourth-order valence-corrected chi connectivity index (χ4v) is 2.61. The van der Waals surface area contributed by atoms with Crippen LogP contribution in [0.2, 0.25) is 5.02 Å². The Bertz CT molecular complexity index is 560. The molecule has 0 bridgehead atoms. The summed E-state index contributed by atoms with van der Waals surface area (Å²) >= 11 is 6.00. The zero-order valence-corrected chi connectivity index (χ0v) is 13.2. The van der Waals surface area contributed by atoms with Crippen molar-refractivity contribution in [1.82, 2.24) is 5.32 Å². The smallest absolute Gasteiger partial charge is 0.0408 e. The number of hydrogen-bond donors (Lipinski definition) is 1. The zero-order valence-electron chi connectivity index (χ0n) is 12.4. The molecule has 1 nitrogen and oxygen atoms in total. The lowest BCUT2D eigenvalue weighted by Crippen LogP contribution is -2.20. The van der Waals surface area contributed by atoms with Crippen LogP contribution in [-0.4, -0.2) is 0 Å². The molecule has 0 aliphatic rings. The van der Waals surface area contributed by atoms with Crippen LogP contribution in [0.3, 0.4) is 0 Å². The molecule has 0 aliphatic heterocycles. The van der Waals surface area contributed by atoms with Gasteiger partial charge in [-0.05, 0) is 49.1 Å². The molecule has 0 saturated heterocycles. The molecule has 2 aromatic carbocycles. The third-order valence-electron chi connectivity index (χ3n) is 3.73. The van der Waals surface area contributed by atoms with Crippen molar-refractivity contribution < 1.29 is 0 Å². The second-order valence-electron chi connectivity index (χ2n) is 5.32. The molecule has 2 aromatic rings. The van der Waals surface area contributed by atoms with Gasteiger partial charge in [0.2, 0.25) is 0 Å². The second-order valence-corrected chi connectivity index (χ2v) is 5.76. The van der Waals surface area contributed by atoms with Gasteiger partial charge in [0.1, 0.15) is 0 Å². The molecule has 0 amide bonds. The van der Waals surface area contributed by atoms with Crippen LogP contribution in [0.25, 0.3) is 0 Å². The van der Waals surface area contributed by atoms with E-state index in [0.717, 1.165) is 18.0 Å². The molecular formula is C18H22ClN. The van der Waals surface area contributed by atoms with E-state index in [2.05, 4.69) is 56.4 Å². The number of rotatable bonds is 5. The van der Waals surface area contributed by atoms with Crippen molar-refractivity contribution in [2.24, 2.45) is 0 Å². The minimum atomic E-state index is 0.394. The summed E-state index contributed by atoms with van der Waals surface area (Å²) in [6, 6.07) is 15.2. The van der Waals surface area contributed by atoms with Crippen LogP contribution in [0.4, 0.5) is 0 Å². The molecule has 0 fully saturated rings. The van der Waals surface area contributed by atoms with Crippen molar-refractivity contribution in [3.05, 3.63) is 69.7 Å². The Hall–Kier alpha value is -1.31. The third-order valence-corrected chi connectivity index (χ3v) is 3.97. The molecule has 2 rings (SSSR count). The molecule has 0 aromatic heterocycles. The molecule has 1 unspecified atom stereocenters. The summed E-state index contributed by atoms with van der Waals surface area (Å²) in [5.74, 6) is 0. The highest BCUT2D eigenvalue weighted by atomic mass is 35.5. The van der Waals surface area contributed by atoms with Crippen LogP contribution in [0.5, 0.6) is 0 Å². The van der Waals surface area contributed by atoms with Crippen molar-refractivity contribution in [1.29, 1.82) is 0 Å². The molecule has 0 saturated carbocycles. The largest absolute Gasteiger partial charge is 0.306 e. The highest BCUT2D eigenvalue weighted by Crippen LogP contribution is 2.20. The molecule has 1 N–H and O–H groups in total. The fraction of sp³-hybridized carbons (Fsp3) is 0.333. The maximum absolute atomic E-state index is 6.00. The van der Waals surface area contributed by atoms with Crippen LogP contribution in [0.15, 0.2) is 42.5 Å². The molecular weight excluding hydrogens is 266 g/mol. The Morgan fingerprint density at radius 2 is 1.75 bits per heavy atom. The molecule has 0 spiro atoms. The van der Waals surface area contributed by atoms with Crippen LogP contribution < -0.4 is 5.32 Å². The Morgan fingerprint density at radius 3 is 2.35 bits per heavy atom. The Labute approximate surface area is 127 Å². The molecule has 2 heteroatoms. The van der Waals surface area contributed by atoms with E-state index in [4.69, 9.17) is 11.6 Å². The second kappa shape index (κ2) is 6.92.